The minimum Gasteiger partial charge on any atom is -0.381 e. The van der Waals surface area contributed by atoms with Gasteiger partial charge in [-0.3, -0.25) is 9.51 Å². The third kappa shape index (κ3) is 2.42. The fourth-order valence-corrected chi connectivity index (χ4v) is 2.94. The Morgan fingerprint density at radius 2 is 2.17 bits per heavy atom. The Morgan fingerprint density at radius 1 is 1.35 bits per heavy atom. The van der Waals surface area contributed by atoms with Crippen LogP contribution < -0.4 is 5.76 Å². The van der Waals surface area contributed by atoms with Crippen LogP contribution in [-0.2, 0) is 11.3 Å². The molecule has 0 aromatic carbocycles. The molecule has 3 aromatic rings. The Balaban J connectivity index is 1.92. The lowest BCUT2D eigenvalue weighted by molar-refractivity contribution is 0.0847. The lowest BCUT2D eigenvalue weighted by atomic mass is 9.95. The molecule has 120 valence electrons. The summed E-state index contributed by atoms with van der Waals surface area (Å²) in [7, 11) is 0. The molecule has 0 amide bonds. The molecule has 0 radical (unpaired) electrons. The van der Waals surface area contributed by atoms with Crippen LogP contribution >= 0.6 is 0 Å². The first-order valence-corrected chi connectivity index (χ1v) is 7.63. The standard InChI is InChI=1S/C14H16N6O3/c1-2-20-7-15-11-10(20)9(8-3-5-22-6-4-8)16-12(17-11)13-18-14(21)23-19-13/h7-8H,2-6H2,1H3,(H,18,19,21). The first-order chi connectivity index (χ1) is 11.3. The van der Waals surface area contributed by atoms with Gasteiger partial charge in [0.05, 0.1) is 12.0 Å². The van der Waals surface area contributed by atoms with Crippen LogP contribution in [0.4, 0.5) is 0 Å². The monoisotopic (exact) mass is 316 g/mol. The minimum atomic E-state index is -0.629. The number of hydrogen-bond acceptors (Lipinski definition) is 7. The number of H-pyrrole nitrogens is 1. The minimum absolute atomic E-state index is 0.219. The first kappa shape index (κ1) is 14.1. The number of aryl methyl sites for hydroxylation is 1. The molecule has 1 aliphatic heterocycles. The highest BCUT2D eigenvalue weighted by molar-refractivity contribution is 5.76. The number of nitrogens with one attached hydrogen (secondary N) is 1. The normalized spacial score (nSPS) is 16.2. The predicted molar refractivity (Wildman–Crippen MR) is 79.9 cm³/mol. The molecule has 0 aliphatic carbocycles. The molecule has 0 spiro atoms. The van der Waals surface area contributed by atoms with Crippen LogP contribution in [0.3, 0.4) is 0 Å². The van der Waals surface area contributed by atoms with E-state index in [1.807, 2.05) is 4.57 Å². The maximum Gasteiger partial charge on any atom is 0.439 e. The van der Waals surface area contributed by atoms with Gasteiger partial charge in [0.2, 0.25) is 11.6 Å². The summed E-state index contributed by atoms with van der Waals surface area (Å²) in [6.45, 7) is 4.27. The van der Waals surface area contributed by atoms with E-state index in [2.05, 4.69) is 36.5 Å². The highest BCUT2D eigenvalue weighted by atomic mass is 16.5. The van der Waals surface area contributed by atoms with Gasteiger partial charge in [-0.1, -0.05) is 5.16 Å². The van der Waals surface area contributed by atoms with Gasteiger partial charge in [-0.25, -0.2) is 19.7 Å². The van der Waals surface area contributed by atoms with Gasteiger partial charge in [0, 0.05) is 25.7 Å². The Bertz CT molecular complexity index is 889. The quantitative estimate of drug-likeness (QED) is 0.769. The molecule has 0 unspecified atom stereocenters. The number of hydrogen-bond donors (Lipinski definition) is 1. The fourth-order valence-electron chi connectivity index (χ4n) is 2.94. The summed E-state index contributed by atoms with van der Waals surface area (Å²) in [5, 5.41) is 3.68. The number of imidazole rings is 1. The first-order valence-electron chi connectivity index (χ1n) is 7.63. The summed E-state index contributed by atoms with van der Waals surface area (Å²) < 4.78 is 12.0. The lowest BCUT2D eigenvalue weighted by Gasteiger charge is -2.22. The van der Waals surface area contributed by atoms with Crippen LogP contribution in [-0.4, -0.2) is 42.9 Å². The van der Waals surface area contributed by atoms with E-state index in [4.69, 9.17) is 4.74 Å². The van der Waals surface area contributed by atoms with Crippen LogP contribution in [0.5, 0.6) is 0 Å². The topological polar surface area (TPSA) is 112 Å². The van der Waals surface area contributed by atoms with Gasteiger partial charge in [0.25, 0.3) is 0 Å². The zero-order chi connectivity index (χ0) is 15.8. The fraction of sp³-hybridized carbons (Fsp3) is 0.500. The average Bonchev–Trinajstić information content (AvgIpc) is 3.20. The zero-order valence-electron chi connectivity index (χ0n) is 12.7. The number of aromatic amines is 1. The number of aromatic nitrogens is 6. The summed E-state index contributed by atoms with van der Waals surface area (Å²) in [6, 6.07) is 0. The second kappa shape index (κ2) is 5.58. The van der Waals surface area contributed by atoms with Crippen molar-refractivity contribution in [3.63, 3.8) is 0 Å². The highest BCUT2D eigenvalue weighted by Gasteiger charge is 2.24. The summed E-state index contributed by atoms with van der Waals surface area (Å²) in [5.41, 5.74) is 2.47. The van der Waals surface area contributed by atoms with E-state index >= 15 is 0 Å². The van der Waals surface area contributed by atoms with Gasteiger partial charge in [-0.05, 0) is 19.8 Å². The lowest BCUT2D eigenvalue weighted by Crippen LogP contribution is -2.17. The van der Waals surface area contributed by atoms with E-state index in [0.717, 1.165) is 30.6 Å². The van der Waals surface area contributed by atoms with Gasteiger partial charge in [-0.15, -0.1) is 0 Å². The van der Waals surface area contributed by atoms with Crippen molar-refractivity contribution in [2.45, 2.75) is 32.2 Å². The summed E-state index contributed by atoms with van der Waals surface area (Å²) >= 11 is 0. The van der Waals surface area contributed by atoms with Gasteiger partial charge >= 0.3 is 5.76 Å². The van der Waals surface area contributed by atoms with Crippen LogP contribution in [0, 0.1) is 0 Å². The van der Waals surface area contributed by atoms with Crippen molar-refractivity contribution in [2.75, 3.05) is 13.2 Å². The third-order valence-corrected chi connectivity index (χ3v) is 4.10. The van der Waals surface area contributed by atoms with E-state index < -0.39 is 5.76 Å². The third-order valence-electron chi connectivity index (χ3n) is 4.10. The summed E-state index contributed by atoms with van der Waals surface area (Å²) in [4.78, 5) is 27.1. The van der Waals surface area contributed by atoms with Crippen molar-refractivity contribution in [3.8, 4) is 11.6 Å². The zero-order valence-corrected chi connectivity index (χ0v) is 12.7. The van der Waals surface area contributed by atoms with Crippen molar-refractivity contribution in [1.82, 2.24) is 29.7 Å². The maximum absolute atomic E-state index is 11.2. The molecule has 1 fully saturated rings. The number of ether oxygens (including phenoxy) is 1. The Hall–Kier alpha value is -2.55. The van der Waals surface area contributed by atoms with E-state index in [9.17, 15) is 4.79 Å². The number of fused-ring (bicyclic) bond motifs is 1. The molecule has 0 saturated carbocycles. The van der Waals surface area contributed by atoms with Crippen molar-refractivity contribution in [2.24, 2.45) is 0 Å². The highest BCUT2D eigenvalue weighted by Crippen LogP contribution is 2.31. The van der Waals surface area contributed by atoms with Gasteiger partial charge in [0.15, 0.2) is 5.65 Å². The molecular weight excluding hydrogens is 300 g/mol. The van der Waals surface area contributed by atoms with Crippen LogP contribution in [0.25, 0.3) is 22.8 Å². The molecule has 9 nitrogen and oxygen atoms in total. The number of nitrogens with zero attached hydrogens (tertiary/aromatic N) is 5. The van der Waals surface area contributed by atoms with Gasteiger partial charge < -0.3 is 9.30 Å². The van der Waals surface area contributed by atoms with E-state index in [-0.39, 0.29) is 11.7 Å². The summed E-state index contributed by atoms with van der Waals surface area (Å²) in [6.07, 6.45) is 3.56. The molecular formula is C14H16N6O3. The van der Waals surface area contributed by atoms with E-state index in [0.29, 0.717) is 24.7 Å². The molecule has 0 atom stereocenters. The van der Waals surface area contributed by atoms with Crippen LogP contribution in [0.1, 0.15) is 31.4 Å². The molecule has 1 N–H and O–H groups in total. The largest absolute Gasteiger partial charge is 0.439 e. The second-order valence-electron chi connectivity index (χ2n) is 5.47. The molecule has 1 saturated heterocycles. The van der Waals surface area contributed by atoms with Crippen LogP contribution in [0.2, 0.25) is 0 Å². The molecule has 9 heteroatoms. The number of rotatable bonds is 3. The molecule has 4 heterocycles. The smallest absolute Gasteiger partial charge is 0.381 e. The Labute approximate surface area is 130 Å². The van der Waals surface area contributed by atoms with Gasteiger partial charge in [0.1, 0.15) is 5.52 Å². The summed E-state index contributed by atoms with van der Waals surface area (Å²) in [5.74, 6) is 0.187. The molecule has 0 bridgehead atoms. The predicted octanol–water partition coefficient (Wildman–Crippen LogP) is 1.08. The van der Waals surface area contributed by atoms with E-state index in [1.165, 1.54) is 0 Å². The SMILES string of the molecule is CCn1cnc2nc(-c3noc(=O)[nH]3)nc(C3CCOCC3)c21. The van der Waals surface area contributed by atoms with Crippen molar-refractivity contribution < 1.29 is 9.26 Å². The van der Waals surface area contributed by atoms with Crippen molar-refractivity contribution >= 4 is 11.2 Å². The molecule has 23 heavy (non-hydrogen) atoms. The maximum atomic E-state index is 11.2. The molecule has 3 aromatic heterocycles. The van der Waals surface area contributed by atoms with Crippen molar-refractivity contribution in [1.29, 1.82) is 0 Å². The Morgan fingerprint density at radius 3 is 2.87 bits per heavy atom. The Kier molecular flexibility index (Phi) is 3.41. The van der Waals surface area contributed by atoms with E-state index in [1.54, 1.807) is 6.33 Å². The average molecular weight is 316 g/mol. The van der Waals surface area contributed by atoms with Crippen molar-refractivity contribution in [3.05, 3.63) is 22.6 Å². The van der Waals surface area contributed by atoms with Crippen LogP contribution in [0.15, 0.2) is 15.6 Å². The second-order valence-corrected chi connectivity index (χ2v) is 5.47. The molecule has 4 rings (SSSR count). The van der Waals surface area contributed by atoms with Gasteiger partial charge in [-0.2, -0.15) is 0 Å². The molecule has 1 aliphatic rings.